The number of carbonyl (C=O) groups is 2. The fraction of sp³-hybridized carbons (Fsp3) is 0.333. The molecule has 106 valence electrons. The fourth-order valence-corrected chi connectivity index (χ4v) is 2.54. The summed E-state index contributed by atoms with van der Waals surface area (Å²) in [6, 6.07) is 4.12. The van der Waals surface area contributed by atoms with E-state index in [1.54, 1.807) is 12.1 Å². The second-order valence-corrected chi connectivity index (χ2v) is 5.23. The van der Waals surface area contributed by atoms with Crippen LogP contribution < -0.4 is 5.32 Å². The molecule has 1 N–H and O–H groups in total. The number of nitro benzene ring substituents is 1. The highest BCUT2D eigenvalue weighted by Gasteiger charge is 2.35. The van der Waals surface area contributed by atoms with Gasteiger partial charge in [-0.15, -0.1) is 0 Å². The number of nitrogens with zero attached hydrogens (tertiary/aromatic N) is 2. The first-order valence-electron chi connectivity index (χ1n) is 5.87. The molecule has 8 heteroatoms. The van der Waals surface area contributed by atoms with Crippen molar-refractivity contribution < 1.29 is 14.5 Å². The maximum atomic E-state index is 11.7. The molecule has 1 saturated heterocycles. The molecule has 1 aromatic carbocycles. The number of nitro groups is 1. The van der Waals surface area contributed by atoms with Gasteiger partial charge in [0.1, 0.15) is 0 Å². The molecule has 2 rings (SSSR count). The standard InChI is InChI=1S/C12H12BrN3O4/c1-15-10(17)5-8(12(15)18)14-6-7-3-2-4-9(11(7)13)16(19)20/h2-4,8,14H,5-6H2,1H3. The zero-order chi connectivity index (χ0) is 14.9. The summed E-state index contributed by atoms with van der Waals surface area (Å²) in [4.78, 5) is 34.5. The van der Waals surface area contributed by atoms with Crippen molar-refractivity contribution >= 4 is 33.4 Å². The predicted octanol–water partition coefficient (Wildman–Crippen LogP) is 1.20. The maximum Gasteiger partial charge on any atom is 0.283 e. The Morgan fingerprint density at radius 3 is 2.75 bits per heavy atom. The molecule has 0 aliphatic carbocycles. The Morgan fingerprint density at radius 1 is 1.50 bits per heavy atom. The molecule has 7 nitrogen and oxygen atoms in total. The van der Waals surface area contributed by atoms with Crippen LogP contribution in [0, 0.1) is 10.1 Å². The van der Waals surface area contributed by atoms with Gasteiger partial charge in [-0.25, -0.2) is 0 Å². The van der Waals surface area contributed by atoms with E-state index >= 15 is 0 Å². The summed E-state index contributed by atoms with van der Waals surface area (Å²) in [7, 11) is 1.44. The number of benzene rings is 1. The van der Waals surface area contributed by atoms with Gasteiger partial charge in [0, 0.05) is 19.7 Å². The maximum absolute atomic E-state index is 11.7. The minimum Gasteiger partial charge on any atom is -0.301 e. The lowest BCUT2D eigenvalue weighted by molar-refractivity contribution is -0.385. The third kappa shape index (κ3) is 2.70. The van der Waals surface area contributed by atoms with Crippen LogP contribution in [0.25, 0.3) is 0 Å². The molecule has 0 bridgehead atoms. The molecule has 1 fully saturated rings. The van der Waals surface area contributed by atoms with Gasteiger partial charge in [0.2, 0.25) is 11.8 Å². The van der Waals surface area contributed by atoms with Gasteiger partial charge in [-0.2, -0.15) is 0 Å². The lowest BCUT2D eigenvalue weighted by atomic mass is 10.1. The summed E-state index contributed by atoms with van der Waals surface area (Å²) in [5.74, 6) is -0.512. The zero-order valence-electron chi connectivity index (χ0n) is 10.6. The highest BCUT2D eigenvalue weighted by atomic mass is 79.9. The van der Waals surface area contributed by atoms with Crippen LogP contribution in [-0.4, -0.2) is 34.7 Å². The molecule has 1 aliphatic rings. The number of likely N-dealkylation sites (N-methyl/N-ethyl adjacent to an activating group) is 1. The first-order chi connectivity index (χ1) is 9.41. The van der Waals surface area contributed by atoms with Gasteiger partial charge in [-0.05, 0) is 21.5 Å². The van der Waals surface area contributed by atoms with Crippen molar-refractivity contribution in [1.29, 1.82) is 0 Å². The highest BCUT2D eigenvalue weighted by molar-refractivity contribution is 9.10. The summed E-state index contributed by atoms with van der Waals surface area (Å²) in [6.45, 7) is 0.264. The van der Waals surface area contributed by atoms with Gasteiger partial charge >= 0.3 is 0 Å². The summed E-state index contributed by atoms with van der Waals surface area (Å²) >= 11 is 3.19. The van der Waals surface area contributed by atoms with Crippen molar-refractivity contribution in [3.8, 4) is 0 Å². The molecule has 1 aromatic rings. The minimum atomic E-state index is -0.571. The Hall–Kier alpha value is -1.80. The van der Waals surface area contributed by atoms with Gasteiger partial charge in [0.25, 0.3) is 5.69 Å². The smallest absolute Gasteiger partial charge is 0.283 e. The van der Waals surface area contributed by atoms with Gasteiger partial charge in [0.15, 0.2) is 0 Å². The number of imide groups is 1. The van der Waals surface area contributed by atoms with E-state index in [4.69, 9.17) is 0 Å². The quantitative estimate of drug-likeness (QED) is 0.504. The van der Waals surface area contributed by atoms with Gasteiger partial charge in [0.05, 0.1) is 21.9 Å². The molecule has 1 aliphatic heterocycles. The largest absolute Gasteiger partial charge is 0.301 e. The van der Waals surface area contributed by atoms with Crippen molar-refractivity contribution in [1.82, 2.24) is 10.2 Å². The van der Waals surface area contributed by atoms with Crippen molar-refractivity contribution in [2.75, 3.05) is 7.05 Å². The highest BCUT2D eigenvalue weighted by Crippen LogP contribution is 2.28. The third-order valence-corrected chi connectivity index (χ3v) is 4.09. The predicted molar refractivity (Wildman–Crippen MR) is 73.8 cm³/mol. The van der Waals surface area contributed by atoms with Crippen LogP contribution in [0.3, 0.4) is 0 Å². The van der Waals surface area contributed by atoms with E-state index in [1.807, 2.05) is 0 Å². The normalized spacial score (nSPS) is 18.7. The molecule has 1 heterocycles. The Kier molecular flexibility index (Phi) is 4.15. The van der Waals surface area contributed by atoms with Crippen molar-refractivity contribution in [3.05, 3.63) is 38.3 Å². The van der Waals surface area contributed by atoms with E-state index < -0.39 is 11.0 Å². The first kappa shape index (κ1) is 14.6. The Bertz CT molecular complexity index is 590. The molecule has 2 amide bonds. The van der Waals surface area contributed by atoms with Crippen LogP contribution in [-0.2, 0) is 16.1 Å². The fourth-order valence-electron chi connectivity index (χ4n) is 1.99. The van der Waals surface area contributed by atoms with E-state index in [0.29, 0.717) is 10.0 Å². The molecule has 0 spiro atoms. The molecular weight excluding hydrogens is 330 g/mol. The molecule has 0 aromatic heterocycles. The number of hydrogen-bond donors (Lipinski definition) is 1. The molecule has 1 unspecified atom stereocenters. The second kappa shape index (κ2) is 5.68. The van der Waals surface area contributed by atoms with Crippen molar-refractivity contribution in [2.45, 2.75) is 19.0 Å². The topological polar surface area (TPSA) is 92.6 Å². The van der Waals surface area contributed by atoms with Gasteiger partial charge in [-0.3, -0.25) is 24.6 Å². The SMILES string of the molecule is CN1C(=O)CC(NCc2cccc([N+](=O)[O-])c2Br)C1=O. The first-order valence-corrected chi connectivity index (χ1v) is 6.66. The van der Waals surface area contributed by atoms with Crippen LogP contribution in [0.2, 0.25) is 0 Å². The number of halogens is 1. The number of hydrogen-bond acceptors (Lipinski definition) is 5. The van der Waals surface area contributed by atoms with Crippen molar-refractivity contribution in [2.24, 2.45) is 0 Å². The average Bonchev–Trinajstić information content (AvgIpc) is 2.65. The number of likely N-dealkylation sites (tertiary alicyclic amines) is 1. The summed E-state index contributed by atoms with van der Waals surface area (Å²) in [5.41, 5.74) is 0.629. The summed E-state index contributed by atoms with van der Waals surface area (Å²) in [5, 5.41) is 13.8. The Morgan fingerprint density at radius 2 is 2.20 bits per heavy atom. The molecule has 20 heavy (non-hydrogen) atoms. The average molecular weight is 342 g/mol. The number of amides is 2. The Balaban J connectivity index is 2.09. The van der Waals surface area contributed by atoms with Gasteiger partial charge < -0.3 is 5.32 Å². The van der Waals surface area contributed by atoms with E-state index in [0.717, 1.165) is 4.90 Å². The molecule has 0 radical (unpaired) electrons. The van der Waals surface area contributed by atoms with Crippen LogP contribution in [0.1, 0.15) is 12.0 Å². The molecule has 1 atom stereocenters. The van der Waals surface area contributed by atoms with E-state index in [9.17, 15) is 19.7 Å². The number of rotatable bonds is 4. The van der Waals surface area contributed by atoms with Crippen LogP contribution in [0.5, 0.6) is 0 Å². The van der Waals surface area contributed by atoms with E-state index in [2.05, 4.69) is 21.2 Å². The van der Waals surface area contributed by atoms with Crippen molar-refractivity contribution in [3.63, 3.8) is 0 Å². The van der Waals surface area contributed by atoms with E-state index in [1.165, 1.54) is 13.1 Å². The zero-order valence-corrected chi connectivity index (χ0v) is 12.2. The lowest BCUT2D eigenvalue weighted by Gasteiger charge is -2.12. The Labute approximate surface area is 123 Å². The third-order valence-electron chi connectivity index (χ3n) is 3.18. The van der Waals surface area contributed by atoms with Gasteiger partial charge in [-0.1, -0.05) is 12.1 Å². The number of nitrogens with one attached hydrogen (secondary N) is 1. The monoisotopic (exact) mass is 341 g/mol. The second-order valence-electron chi connectivity index (χ2n) is 4.44. The number of carbonyl (C=O) groups excluding carboxylic acids is 2. The van der Waals surface area contributed by atoms with Crippen LogP contribution >= 0.6 is 15.9 Å². The van der Waals surface area contributed by atoms with E-state index in [-0.39, 0.29) is 30.5 Å². The lowest BCUT2D eigenvalue weighted by Crippen LogP contribution is -2.36. The minimum absolute atomic E-state index is 0.0322. The summed E-state index contributed by atoms with van der Waals surface area (Å²) in [6.07, 6.45) is 0.113. The molecule has 0 saturated carbocycles. The van der Waals surface area contributed by atoms with Crippen LogP contribution in [0.4, 0.5) is 5.69 Å². The van der Waals surface area contributed by atoms with Crippen LogP contribution in [0.15, 0.2) is 22.7 Å². The summed E-state index contributed by atoms with van der Waals surface area (Å²) < 4.78 is 0.377. The molecular formula is C12H12BrN3O4.